The summed E-state index contributed by atoms with van der Waals surface area (Å²) in [5, 5.41) is 15.2. The lowest BCUT2D eigenvalue weighted by Gasteiger charge is -2.20. The molecule has 0 amide bonds. The van der Waals surface area contributed by atoms with E-state index in [1.54, 1.807) is 22.8 Å². The van der Waals surface area contributed by atoms with Gasteiger partial charge < -0.3 is 4.42 Å². The van der Waals surface area contributed by atoms with Gasteiger partial charge in [-0.1, -0.05) is 6.42 Å². The Labute approximate surface area is 119 Å². The van der Waals surface area contributed by atoms with Gasteiger partial charge in [0.15, 0.2) is 5.82 Å². The van der Waals surface area contributed by atoms with Crippen molar-refractivity contribution >= 4 is 11.4 Å². The van der Waals surface area contributed by atoms with Crippen LogP contribution in [0, 0.1) is 10.1 Å². The molecule has 0 spiro atoms. The molecule has 0 bridgehead atoms. The van der Waals surface area contributed by atoms with E-state index in [1.807, 2.05) is 0 Å². The normalized spacial score (nSPS) is 15.2. The topological polar surface area (TPSA) is 86.5 Å². The maximum atomic E-state index is 10.7. The second-order valence-corrected chi connectivity index (χ2v) is 5.20. The van der Waals surface area contributed by atoms with Gasteiger partial charge in [0.25, 0.3) is 5.69 Å². The van der Waals surface area contributed by atoms with E-state index in [9.17, 15) is 10.1 Å². The number of benzene rings is 1. The van der Waals surface area contributed by atoms with Gasteiger partial charge in [0.2, 0.25) is 11.6 Å². The highest BCUT2D eigenvalue weighted by molar-refractivity contribution is 5.60. The largest absolute Gasteiger partial charge is 0.421 e. The second kappa shape index (κ2) is 4.41. The first-order valence-electron chi connectivity index (χ1n) is 6.81. The highest BCUT2D eigenvalue weighted by Gasteiger charge is 2.26. The Kier molecular flexibility index (Phi) is 2.53. The first-order chi connectivity index (χ1) is 10.2. The van der Waals surface area contributed by atoms with E-state index in [0.29, 0.717) is 17.5 Å². The van der Waals surface area contributed by atoms with E-state index >= 15 is 0 Å². The van der Waals surface area contributed by atoms with Crippen LogP contribution in [-0.2, 0) is 0 Å². The molecule has 0 N–H and O–H groups in total. The molecule has 1 aliphatic carbocycles. The number of aromatic nitrogens is 3. The van der Waals surface area contributed by atoms with E-state index < -0.39 is 4.92 Å². The molecular weight excluding hydrogens is 272 g/mol. The summed E-state index contributed by atoms with van der Waals surface area (Å²) in [5.41, 5.74) is 1.43. The quantitative estimate of drug-likeness (QED) is 0.544. The van der Waals surface area contributed by atoms with E-state index in [4.69, 9.17) is 4.42 Å². The van der Waals surface area contributed by atoms with Crippen LogP contribution < -0.4 is 0 Å². The minimum absolute atomic E-state index is 0.0573. The van der Waals surface area contributed by atoms with Crippen LogP contribution in [0.2, 0.25) is 0 Å². The third-order valence-corrected chi connectivity index (χ3v) is 3.91. The standard InChI is InChI=1S/C14H12N4O3/c19-18(20)11-6-4-9(5-7-11)13-15-8-12-17(13)16-14(21-12)10-2-1-3-10/h4-8,10H,1-3H2. The third-order valence-electron chi connectivity index (χ3n) is 3.91. The summed E-state index contributed by atoms with van der Waals surface area (Å²) in [7, 11) is 0. The van der Waals surface area contributed by atoms with Crippen LogP contribution in [0.4, 0.5) is 5.69 Å². The number of hydrogen-bond donors (Lipinski definition) is 0. The summed E-state index contributed by atoms with van der Waals surface area (Å²) in [5.74, 6) is 1.80. The van der Waals surface area contributed by atoms with E-state index in [-0.39, 0.29) is 5.69 Å². The zero-order valence-electron chi connectivity index (χ0n) is 11.1. The third kappa shape index (κ3) is 1.89. The summed E-state index contributed by atoms with van der Waals surface area (Å²) in [6.45, 7) is 0. The van der Waals surface area contributed by atoms with Crippen LogP contribution in [0.5, 0.6) is 0 Å². The number of nitro benzene ring substituents is 1. The molecule has 21 heavy (non-hydrogen) atoms. The molecule has 0 aliphatic heterocycles. The van der Waals surface area contributed by atoms with Crippen LogP contribution in [0.3, 0.4) is 0 Å². The van der Waals surface area contributed by atoms with Crippen LogP contribution in [0.1, 0.15) is 31.1 Å². The van der Waals surface area contributed by atoms with Crippen molar-refractivity contribution in [1.29, 1.82) is 0 Å². The monoisotopic (exact) mass is 284 g/mol. The summed E-state index contributed by atoms with van der Waals surface area (Å²) < 4.78 is 7.38. The summed E-state index contributed by atoms with van der Waals surface area (Å²) in [6.07, 6.45) is 5.08. The first kappa shape index (κ1) is 12.1. The fourth-order valence-corrected chi connectivity index (χ4v) is 2.47. The smallest absolute Gasteiger partial charge is 0.269 e. The molecule has 0 atom stereocenters. The van der Waals surface area contributed by atoms with Gasteiger partial charge in [0, 0.05) is 23.6 Å². The molecule has 0 saturated heterocycles. The Bertz CT molecular complexity index is 814. The Hall–Kier alpha value is -2.70. The average molecular weight is 284 g/mol. The molecule has 2 aromatic heterocycles. The van der Waals surface area contributed by atoms with Gasteiger partial charge in [-0.05, 0) is 25.0 Å². The van der Waals surface area contributed by atoms with Gasteiger partial charge in [-0.15, -0.1) is 5.10 Å². The zero-order chi connectivity index (χ0) is 14.4. The lowest BCUT2D eigenvalue weighted by atomic mass is 9.85. The number of non-ortho nitro benzene ring substituents is 1. The molecule has 0 radical (unpaired) electrons. The molecule has 7 heteroatoms. The second-order valence-electron chi connectivity index (χ2n) is 5.20. The summed E-state index contributed by atoms with van der Waals surface area (Å²) in [4.78, 5) is 14.5. The number of rotatable bonds is 3. The number of nitrogens with zero attached hydrogens (tertiary/aromatic N) is 4. The molecule has 2 heterocycles. The van der Waals surface area contributed by atoms with E-state index in [1.165, 1.54) is 18.6 Å². The first-order valence-corrected chi connectivity index (χ1v) is 6.81. The Morgan fingerprint density at radius 1 is 1.29 bits per heavy atom. The van der Waals surface area contributed by atoms with Gasteiger partial charge in [0.1, 0.15) is 0 Å². The van der Waals surface area contributed by atoms with Crippen molar-refractivity contribution in [3.8, 4) is 11.4 Å². The van der Waals surface area contributed by atoms with E-state index in [0.717, 1.165) is 24.3 Å². The van der Waals surface area contributed by atoms with Crippen molar-refractivity contribution < 1.29 is 9.34 Å². The molecular formula is C14H12N4O3. The lowest BCUT2D eigenvalue weighted by Crippen LogP contribution is -2.09. The predicted molar refractivity (Wildman–Crippen MR) is 73.9 cm³/mol. The van der Waals surface area contributed by atoms with Crippen molar-refractivity contribution in [2.24, 2.45) is 0 Å². The molecule has 1 saturated carbocycles. The summed E-state index contributed by atoms with van der Waals surface area (Å²) >= 11 is 0. The van der Waals surface area contributed by atoms with Crippen molar-refractivity contribution in [3.63, 3.8) is 0 Å². The average Bonchev–Trinajstić information content (AvgIpc) is 2.97. The van der Waals surface area contributed by atoms with Crippen molar-refractivity contribution in [2.45, 2.75) is 25.2 Å². The Balaban J connectivity index is 1.75. The van der Waals surface area contributed by atoms with Crippen LogP contribution in [0.25, 0.3) is 17.1 Å². The van der Waals surface area contributed by atoms with Crippen molar-refractivity contribution in [2.75, 3.05) is 0 Å². The van der Waals surface area contributed by atoms with Crippen LogP contribution in [0.15, 0.2) is 34.9 Å². The number of imidazole rings is 1. The maximum Gasteiger partial charge on any atom is 0.269 e. The molecule has 106 valence electrons. The fraction of sp³-hybridized carbons (Fsp3) is 0.286. The molecule has 3 aromatic rings. The van der Waals surface area contributed by atoms with Crippen LogP contribution >= 0.6 is 0 Å². The number of fused-ring (bicyclic) bond motifs is 1. The van der Waals surface area contributed by atoms with Gasteiger partial charge in [0.05, 0.1) is 11.1 Å². The molecule has 1 aromatic carbocycles. The van der Waals surface area contributed by atoms with Crippen molar-refractivity contribution in [3.05, 3.63) is 46.5 Å². The Morgan fingerprint density at radius 2 is 2.05 bits per heavy atom. The predicted octanol–water partition coefficient (Wildman–Crippen LogP) is 3.17. The highest BCUT2D eigenvalue weighted by Crippen LogP contribution is 2.36. The highest BCUT2D eigenvalue weighted by atomic mass is 16.6. The summed E-state index contributed by atoms with van der Waals surface area (Å²) in [6, 6.07) is 6.27. The van der Waals surface area contributed by atoms with Crippen LogP contribution in [-0.4, -0.2) is 19.5 Å². The maximum absolute atomic E-state index is 10.7. The minimum atomic E-state index is -0.421. The van der Waals surface area contributed by atoms with Gasteiger partial charge >= 0.3 is 0 Å². The molecule has 1 fully saturated rings. The zero-order valence-corrected chi connectivity index (χ0v) is 11.1. The van der Waals surface area contributed by atoms with Gasteiger partial charge in [-0.3, -0.25) is 10.1 Å². The SMILES string of the molecule is O=[N+]([O-])c1ccc(-c2ncc3oc(C4CCC4)nn23)cc1. The number of nitro groups is 1. The van der Waals surface area contributed by atoms with Gasteiger partial charge in [-0.25, -0.2) is 4.98 Å². The van der Waals surface area contributed by atoms with Gasteiger partial charge in [-0.2, -0.15) is 4.52 Å². The Morgan fingerprint density at radius 3 is 2.67 bits per heavy atom. The van der Waals surface area contributed by atoms with E-state index in [2.05, 4.69) is 10.1 Å². The number of hydrogen-bond acceptors (Lipinski definition) is 5. The molecule has 4 rings (SSSR count). The molecule has 0 unspecified atom stereocenters. The molecule has 7 nitrogen and oxygen atoms in total. The fourth-order valence-electron chi connectivity index (χ4n) is 2.47. The molecule has 1 aliphatic rings. The minimum Gasteiger partial charge on any atom is -0.421 e. The lowest BCUT2D eigenvalue weighted by molar-refractivity contribution is -0.384. The van der Waals surface area contributed by atoms with Crippen molar-refractivity contribution in [1.82, 2.24) is 14.6 Å².